The molecule has 30 heavy (non-hydrogen) atoms. The summed E-state index contributed by atoms with van der Waals surface area (Å²) in [5.41, 5.74) is 1.20. The maximum atomic E-state index is 13.2. The molecular formula is C22H23ClN4O3. The van der Waals surface area contributed by atoms with Crippen LogP contribution in [0.25, 0.3) is 11.0 Å². The number of nitrogens with one attached hydrogen (secondary N) is 1. The van der Waals surface area contributed by atoms with Gasteiger partial charge in [-0.2, -0.15) is 0 Å². The number of carbonyl (C=O) groups excluding carboxylic acids is 1. The van der Waals surface area contributed by atoms with Gasteiger partial charge in [-0.1, -0.05) is 23.7 Å². The molecule has 156 valence electrons. The lowest BCUT2D eigenvalue weighted by molar-refractivity contribution is 0.0383. The number of ether oxygens (including phenoxy) is 1. The van der Waals surface area contributed by atoms with Crippen LogP contribution in [0.3, 0.4) is 0 Å². The highest BCUT2D eigenvalue weighted by atomic mass is 35.5. The summed E-state index contributed by atoms with van der Waals surface area (Å²) in [7, 11) is 0. The number of amides is 1. The molecule has 0 unspecified atom stereocenters. The average Bonchev–Trinajstić information content (AvgIpc) is 2.77. The number of carbonyl (C=O) groups is 1. The minimum absolute atomic E-state index is 0.117. The molecule has 1 aromatic carbocycles. The van der Waals surface area contributed by atoms with Gasteiger partial charge in [-0.05, 0) is 35.9 Å². The molecule has 1 saturated heterocycles. The summed E-state index contributed by atoms with van der Waals surface area (Å²) in [5, 5.41) is 4.25. The van der Waals surface area contributed by atoms with Crippen molar-refractivity contribution in [2.24, 2.45) is 0 Å². The molecule has 1 fully saturated rings. The Morgan fingerprint density at radius 2 is 1.93 bits per heavy atom. The van der Waals surface area contributed by atoms with Crippen LogP contribution in [0.15, 0.2) is 53.5 Å². The van der Waals surface area contributed by atoms with Crippen LogP contribution in [0, 0.1) is 0 Å². The summed E-state index contributed by atoms with van der Waals surface area (Å²) in [6, 6.07) is 12.5. The van der Waals surface area contributed by atoms with E-state index in [0.717, 1.165) is 30.6 Å². The summed E-state index contributed by atoms with van der Waals surface area (Å²) in [6.45, 7) is 4.63. The molecule has 1 aliphatic rings. The zero-order chi connectivity index (χ0) is 20.9. The van der Waals surface area contributed by atoms with E-state index in [1.807, 2.05) is 18.2 Å². The third-order valence-corrected chi connectivity index (χ3v) is 5.42. The SMILES string of the molecule is O=C(NCCN1CCOCC1)c1cc2cccnc2n(Cc2ccc(Cl)cc2)c1=O. The molecule has 1 amide bonds. The molecule has 3 heterocycles. The number of rotatable bonds is 6. The minimum atomic E-state index is -0.371. The number of pyridine rings is 2. The Morgan fingerprint density at radius 1 is 1.17 bits per heavy atom. The Balaban J connectivity index is 1.58. The van der Waals surface area contributed by atoms with Gasteiger partial charge in [0.05, 0.1) is 19.8 Å². The van der Waals surface area contributed by atoms with Crippen LogP contribution in [0.2, 0.25) is 5.02 Å². The van der Waals surface area contributed by atoms with Crippen LogP contribution in [0.1, 0.15) is 15.9 Å². The molecule has 0 aliphatic carbocycles. The number of morpholine rings is 1. The van der Waals surface area contributed by atoms with Crippen LogP contribution in [0.5, 0.6) is 0 Å². The predicted molar refractivity (Wildman–Crippen MR) is 116 cm³/mol. The molecule has 0 bridgehead atoms. The molecule has 1 aliphatic heterocycles. The molecule has 1 N–H and O–H groups in total. The fraction of sp³-hybridized carbons (Fsp3) is 0.318. The first-order valence-electron chi connectivity index (χ1n) is 9.93. The second-order valence-electron chi connectivity index (χ2n) is 7.20. The second-order valence-corrected chi connectivity index (χ2v) is 7.64. The molecule has 3 aromatic rings. The minimum Gasteiger partial charge on any atom is -0.379 e. The smallest absolute Gasteiger partial charge is 0.265 e. The Labute approximate surface area is 179 Å². The van der Waals surface area contributed by atoms with Crippen molar-refractivity contribution in [3.8, 4) is 0 Å². The van der Waals surface area contributed by atoms with E-state index in [-0.39, 0.29) is 17.0 Å². The molecule has 0 radical (unpaired) electrons. The van der Waals surface area contributed by atoms with Gasteiger partial charge < -0.3 is 10.1 Å². The second kappa shape index (κ2) is 9.38. The van der Waals surface area contributed by atoms with E-state index in [4.69, 9.17) is 16.3 Å². The topological polar surface area (TPSA) is 76.5 Å². The summed E-state index contributed by atoms with van der Waals surface area (Å²) in [6.07, 6.45) is 1.64. The highest BCUT2D eigenvalue weighted by molar-refractivity contribution is 6.30. The number of fused-ring (bicyclic) bond motifs is 1. The van der Waals surface area contributed by atoms with Crippen molar-refractivity contribution >= 4 is 28.5 Å². The third-order valence-electron chi connectivity index (χ3n) is 5.16. The van der Waals surface area contributed by atoms with Crippen molar-refractivity contribution in [1.82, 2.24) is 19.8 Å². The lowest BCUT2D eigenvalue weighted by atomic mass is 10.1. The Bertz CT molecular complexity index is 1090. The highest BCUT2D eigenvalue weighted by Gasteiger charge is 2.17. The molecule has 2 aromatic heterocycles. The van der Waals surface area contributed by atoms with Gasteiger partial charge in [0.25, 0.3) is 11.5 Å². The Kier molecular flexibility index (Phi) is 6.42. The first kappa shape index (κ1) is 20.5. The zero-order valence-corrected chi connectivity index (χ0v) is 17.3. The van der Waals surface area contributed by atoms with E-state index in [9.17, 15) is 9.59 Å². The van der Waals surface area contributed by atoms with E-state index < -0.39 is 0 Å². The van der Waals surface area contributed by atoms with Gasteiger partial charge in [0.2, 0.25) is 0 Å². The van der Waals surface area contributed by atoms with E-state index in [0.29, 0.717) is 37.0 Å². The number of benzene rings is 1. The van der Waals surface area contributed by atoms with E-state index in [1.54, 1.807) is 30.5 Å². The first-order chi connectivity index (χ1) is 14.6. The molecular weight excluding hydrogens is 404 g/mol. The van der Waals surface area contributed by atoms with Gasteiger partial charge in [-0.25, -0.2) is 4.98 Å². The predicted octanol–water partition coefficient (Wildman–Crippen LogP) is 2.16. The lowest BCUT2D eigenvalue weighted by Crippen LogP contribution is -2.42. The summed E-state index contributed by atoms with van der Waals surface area (Å²) in [5.74, 6) is -0.371. The van der Waals surface area contributed by atoms with Crippen molar-refractivity contribution < 1.29 is 9.53 Å². The largest absolute Gasteiger partial charge is 0.379 e. The highest BCUT2D eigenvalue weighted by Crippen LogP contribution is 2.15. The van der Waals surface area contributed by atoms with E-state index in [1.165, 1.54) is 4.57 Å². The molecule has 0 atom stereocenters. The van der Waals surface area contributed by atoms with Gasteiger partial charge in [0.1, 0.15) is 11.2 Å². The van der Waals surface area contributed by atoms with Crippen molar-refractivity contribution in [2.45, 2.75) is 6.54 Å². The van der Waals surface area contributed by atoms with Crippen LogP contribution in [-0.4, -0.2) is 59.8 Å². The van der Waals surface area contributed by atoms with Gasteiger partial charge >= 0.3 is 0 Å². The van der Waals surface area contributed by atoms with Crippen LogP contribution < -0.4 is 10.9 Å². The van der Waals surface area contributed by atoms with Crippen molar-refractivity contribution in [1.29, 1.82) is 0 Å². The van der Waals surface area contributed by atoms with Gasteiger partial charge in [-0.3, -0.25) is 19.1 Å². The number of hydrogen-bond acceptors (Lipinski definition) is 5. The number of aromatic nitrogens is 2. The fourth-order valence-corrected chi connectivity index (χ4v) is 3.66. The molecule has 0 saturated carbocycles. The normalized spacial score (nSPS) is 14.7. The Hall–Kier alpha value is -2.74. The molecule has 8 heteroatoms. The molecule has 0 spiro atoms. The standard InChI is InChI=1S/C22H23ClN4O3/c23-18-5-3-16(4-6-18)15-27-20-17(2-1-7-24-20)14-19(22(27)29)21(28)25-8-9-26-10-12-30-13-11-26/h1-7,14H,8-13,15H2,(H,25,28). The Morgan fingerprint density at radius 3 is 2.70 bits per heavy atom. The van der Waals surface area contributed by atoms with Crippen molar-refractivity contribution in [3.05, 3.63) is 75.2 Å². The van der Waals surface area contributed by atoms with Crippen molar-refractivity contribution in [3.63, 3.8) is 0 Å². The molecule has 7 nitrogen and oxygen atoms in total. The van der Waals surface area contributed by atoms with Crippen LogP contribution in [-0.2, 0) is 11.3 Å². The fourth-order valence-electron chi connectivity index (χ4n) is 3.54. The van der Waals surface area contributed by atoms with Crippen molar-refractivity contribution in [2.75, 3.05) is 39.4 Å². The lowest BCUT2D eigenvalue weighted by Gasteiger charge is -2.26. The summed E-state index contributed by atoms with van der Waals surface area (Å²) in [4.78, 5) is 32.6. The maximum Gasteiger partial charge on any atom is 0.265 e. The monoisotopic (exact) mass is 426 g/mol. The third kappa shape index (κ3) is 4.70. The summed E-state index contributed by atoms with van der Waals surface area (Å²) < 4.78 is 6.87. The zero-order valence-electron chi connectivity index (χ0n) is 16.5. The first-order valence-corrected chi connectivity index (χ1v) is 10.3. The number of hydrogen-bond donors (Lipinski definition) is 1. The average molecular weight is 427 g/mol. The number of nitrogens with zero attached hydrogens (tertiary/aromatic N) is 3. The van der Waals surface area contributed by atoms with Crippen LogP contribution in [0.4, 0.5) is 0 Å². The summed E-state index contributed by atoms with van der Waals surface area (Å²) >= 11 is 5.97. The maximum absolute atomic E-state index is 13.2. The molecule has 4 rings (SSSR count). The van der Waals surface area contributed by atoms with Gasteiger partial charge in [-0.15, -0.1) is 0 Å². The quantitative estimate of drug-likeness (QED) is 0.653. The van der Waals surface area contributed by atoms with E-state index >= 15 is 0 Å². The van der Waals surface area contributed by atoms with Gasteiger partial charge in [0.15, 0.2) is 0 Å². The van der Waals surface area contributed by atoms with Crippen LogP contribution >= 0.6 is 11.6 Å². The number of halogens is 1. The van der Waals surface area contributed by atoms with E-state index in [2.05, 4.69) is 15.2 Å². The van der Waals surface area contributed by atoms with Gasteiger partial charge in [0, 0.05) is 42.8 Å².